The molecule has 1 aromatic carbocycles. The Morgan fingerprint density at radius 2 is 1.86 bits per heavy atom. The van der Waals surface area contributed by atoms with E-state index in [9.17, 15) is 21.6 Å². The monoisotopic (exact) mass is 337 g/mol. The normalized spacial score (nSPS) is 21.4. The van der Waals surface area contributed by atoms with Crippen molar-refractivity contribution in [2.75, 3.05) is 24.7 Å². The zero-order valence-electron chi connectivity index (χ0n) is 11.9. The van der Waals surface area contributed by atoms with Crippen LogP contribution >= 0.6 is 0 Å². The number of aliphatic hydroxyl groups excluding tert-OH is 1. The molecule has 1 heterocycles. The summed E-state index contributed by atoms with van der Waals surface area (Å²) >= 11 is 0. The first-order valence-corrected chi connectivity index (χ1v) is 8.75. The number of aliphatic hydroxyl groups is 1. The third-order valence-corrected chi connectivity index (χ3v) is 5.53. The highest BCUT2D eigenvalue weighted by Crippen LogP contribution is 2.29. The lowest BCUT2D eigenvalue weighted by Gasteiger charge is -2.27. The van der Waals surface area contributed by atoms with Crippen LogP contribution in [0, 0.1) is 0 Å². The predicted molar refractivity (Wildman–Crippen MR) is 76.0 cm³/mol. The van der Waals surface area contributed by atoms with E-state index in [4.69, 9.17) is 5.11 Å². The average Bonchev–Trinajstić information content (AvgIpc) is 2.78. The molecule has 4 nitrogen and oxygen atoms in total. The molecule has 0 bridgehead atoms. The summed E-state index contributed by atoms with van der Waals surface area (Å²) in [6, 6.07) is 4.60. The molecule has 1 fully saturated rings. The summed E-state index contributed by atoms with van der Waals surface area (Å²) in [7, 11) is -3.05. The van der Waals surface area contributed by atoms with Crippen LogP contribution in [0.15, 0.2) is 24.3 Å². The quantitative estimate of drug-likeness (QED) is 0.888. The minimum absolute atomic E-state index is 0.0354. The van der Waals surface area contributed by atoms with E-state index in [0.29, 0.717) is 25.1 Å². The molecule has 0 radical (unpaired) electrons. The molecule has 2 rings (SSSR count). The van der Waals surface area contributed by atoms with E-state index in [1.165, 1.54) is 12.1 Å². The van der Waals surface area contributed by atoms with Crippen molar-refractivity contribution in [2.45, 2.75) is 25.2 Å². The van der Waals surface area contributed by atoms with Crippen LogP contribution in [0.4, 0.5) is 13.2 Å². The molecular weight excluding hydrogens is 319 g/mol. The Hall–Kier alpha value is -1.12. The summed E-state index contributed by atoms with van der Waals surface area (Å²) in [5, 5.41) is 9.12. The molecule has 0 spiro atoms. The standard InChI is InChI=1S/C14H18F3NO3S/c15-14(16,17)12-3-1-11(2-4-12)9-18(6-7-19)13-5-8-22(20,21)10-13/h1-4,13,19H,5-10H2. The fourth-order valence-electron chi connectivity index (χ4n) is 2.62. The van der Waals surface area contributed by atoms with Crippen LogP contribution in [0.1, 0.15) is 17.5 Å². The molecule has 1 aliphatic heterocycles. The van der Waals surface area contributed by atoms with Gasteiger partial charge >= 0.3 is 6.18 Å². The summed E-state index contributed by atoms with van der Waals surface area (Å²) in [4.78, 5) is 1.81. The highest BCUT2D eigenvalue weighted by atomic mass is 32.2. The highest BCUT2D eigenvalue weighted by Gasteiger charge is 2.32. The topological polar surface area (TPSA) is 57.6 Å². The summed E-state index contributed by atoms with van der Waals surface area (Å²) in [6.45, 7) is 0.483. The van der Waals surface area contributed by atoms with E-state index >= 15 is 0 Å². The van der Waals surface area contributed by atoms with Crippen LogP contribution in [0.25, 0.3) is 0 Å². The van der Waals surface area contributed by atoms with Crippen LogP contribution in [0.2, 0.25) is 0 Å². The summed E-state index contributed by atoms with van der Waals surface area (Å²) in [6.07, 6.45) is -3.88. The molecule has 1 aromatic rings. The van der Waals surface area contributed by atoms with Crippen molar-refractivity contribution in [2.24, 2.45) is 0 Å². The number of hydrogen-bond acceptors (Lipinski definition) is 4. The van der Waals surface area contributed by atoms with Gasteiger partial charge in [0.05, 0.1) is 23.7 Å². The minimum atomic E-state index is -4.37. The molecule has 1 saturated heterocycles. The van der Waals surface area contributed by atoms with Crippen molar-refractivity contribution in [3.05, 3.63) is 35.4 Å². The molecule has 22 heavy (non-hydrogen) atoms. The van der Waals surface area contributed by atoms with Crippen LogP contribution in [-0.4, -0.2) is 49.1 Å². The summed E-state index contributed by atoms with van der Waals surface area (Å²) in [5.41, 5.74) is -0.0563. The molecule has 0 aliphatic carbocycles. The van der Waals surface area contributed by atoms with Crippen molar-refractivity contribution < 1.29 is 26.7 Å². The number of sulfone groups is 1. The molecule has 1 unspecified atom stereocenters. The third kappa shape index (κ3) is 4.44. The maximum absolute atomic E-state index is 12.5. The van der Waals surface area contributed by atoms with E-state index in [0.717, 1.165) is 12.1 Å². The van der Waals surface area contributed by atoms with Crippen molar-refractivity contribution >= 4 is 9.84 Å². The third-order valence-electron chi connectivity index (χ3n) is 3.78. The van der Waals surface area contributed by atoms with Gasteiger partial charge in [-0.1, -0.05) is 12.1 Å². The first-order chi connectivity index (χ1) is 10.2. The van der Waals surface area contributed by atoms with Gasteiger partial charge in [0.15, 0.2) is 9.84 Å². The van der Waals surface area contributed by atoms with Gasteiger partial charge in [0.2, 0.25) is 0 Å². The Morgan fingerprint density at radius 3 is 2.32 bits per heavy atom. The second-order valence-corrected chi connectivity index (χ2v) is 7.67. The Morgan fingerprint density at radius 1 is 1.23 bits per heavy atom. The molecule has 124 valence electrons. The zero-order chi connectivity index (χ0) is 16.4. The van der Waals surface area contributed by atoms with Crippen molar-refractivity contribution in [1.29, 1.82) is 0 Å². The fourth-order valence-corrected chi connectivity index (χ4v) is 4.38. The van der Waals surface area contributed by atoms with E-state index in [2.05, 4.69) is 0 Å². The predicted octanol–water partition coefficient (Wildman–Crippen LogP) is 1.69. The molecule has 1 aliphatic rings. The summed E-state index contributed by atoms with van der Waals surface area (Å²) in [5.74, 6) is 0.153. The van der Waals surface area contributed by atoms with Gasteiger partial charge in [-0.3, -0.25) is 4.90 Å². The maximum atomic E-state index is 12.5. The zero-order valence-corrected chi connectivity index (χ0v) is 12.7. The Balaban J connectivity index is 2.08. The Bertz CT molecular complexity index is 599. The lowest BCUT2D eigenvalue weighted by atomic mass is 10.1. The van der Waals surface area contributed by atoms with Crippen LogP contribution in [0.3, 0.4) is 0 Å². The Labute approximate surface area is 127 Å². The molecule has 0 amide bonds. The van der Waals surface area contributed by atoms with Crippen LogP contribution in [0.5, 0.6) is 0 Å². The summed E-state index contributed by atoms with van der Waals surface area (Å²) < 4.78 is 60.7. The van der Waals surface area contributed by atoms with Gasteiger partial charge < -0.3 is 5.11 Å². The SMILES string of the molecule is O=S1(=O)CCC(N(CCO)Cc2ccc(C(F)(F)F)cc2)C1. The van der Waals surface area contributed by atoms with Gasteiger partial charge in [0.1, 0.15) is 0 Å². The van der Waals surface area contributed by atoms with Gasteiger partial charge in [0, 0.05) is 19.1 Å². The first-order valence-electron chi connectivity index (χ1n) is 6.93. The van der Waals surface area contributed by atoms with E-state index in [1.807, 2.05) is 4.90 Å². The van der Waals surface area contributed by atoms with Gasteiger partial charge in [0.25, 0.3) is 0 Å². The number of halogens is 3. The molecule has 1 N–H and O–H groups in total. The number of nitrogens with zero attached hydrogens (tertiary/aromatic N) is 1. The lowest BCUT2D eigenvalue weighted by molar-refractivity contribution is -0.137. The van der Waals surface area contributed by atoms with Crippen molar-refractivity contribution in [1.82, 2.24) is 4.90 Å². The number of benzene rings is 1. The van der Waals surface area contributed by atoms with Gasteiger partial charge in [-0.15, -0.1) is 0 Å². The lowest BCUT2D eigenvalue weighted by Crippen LogP contribution is -2.37. The van der Waals surface area contributed by atoms with Crippen molar-refractivity contribution in [3.63, 3.8) is 0 Å². The van der Waals surface area contributed by atoms with Crippen molar-refractivity contribution in [3.8, 4) is 0 Å². The average molecular weight is 337 g/mol. The van der Waals surface area contributed by atoms with Crippen LogP contribution in [-0.2, 0) is 22.6 Å². The van der Waals surface area contributed by atoms with E-state index in [1.54, 1.807) is 0 Å². The van der Waals surface area contributed by atoms with Gasteiger partial charge in [-0.2, -0.15) is 13.2 Å². The second-order valence-electron chi connectivity index (χ2n) is 5.45. The molecule has 0 aromatic heterocycles. The van der Waals surface area contributed by atoms with E-state index < -0.39 is 21.6 Å². The maximum Gasteiger partial charge on any atom is 0.416 e. The Kier molecular flexibility index (Phi) is 5.14. The number of alkyl halides is 3. The molecular formula is C14H18F3NO3S. The highest BCUT2D eigenvalue weighted by molar-refractivity contribution is 7.91. The number of rotatable bonds is 5. The molecule has 8 heteroatoms. The molecule has 1 atom stereocenters. The van der Waals surface area contributed by atoms with Crippen LogP contribution < -0.4 is 0 Å². The largest absolute Gasteiger partial charge is 0.416 e. The number of hydrogen-bond donors (Lipinski definition) is 1. The van der Waals surface area contributed by atoms with Gasteiger partial charge in [-0.25, -0.2) is 8.42 Å². The molecule has 0 saturated carbocycles. The minimum Gasteiger partial charge on any atom is -0.395 e. The second kappa shape index (κ2) is 6.55. The fraction of sp³-hybridized carbons (Fsp3) is 0.571. The first kappa shape index (κ1) is 17.2. The van der Waals surface area contributed by atoms with E-state index in [-0.39, 0.29) is 24.2 Å². The smallest absolute Gasteiger partial charge is 0.395 e. The van der Waals surface area contributed by atoms with Gasteiger partial charge in [-0.05, 0) is 24.1 Å².